The molecule has 2 N–H and O–H groups in total. The third-order valence-electron chi connectivity index (χ3n) is 5.96. The summed E-state index contributed by atoms with van der Waals surface area (Å²) in [7, 11) is 0. The standard InChI is InChI=1S/C23H26N4O4/c1-13(2)30-20-10-17-15(9-18(20)22(25)29)4-6-26-23(17)31-19-8-14-7-16(19)12-27(11-14)21(28)3-5-24/h4,6,9-10,13-14,16,19H,3,7-8,11-12H2,1-2H3,(H2,25,29)/t14-,16-,19-/m0/s1. The highest BCUT2D eigenvalue weighted by Crippen LogP contribution is 2.40. The van der Waals surface area contributed by atoms with Gasteiger partial charge in [-0.15, -0.1) is 0 Å². The van der Waals surface area contributed by atoms with Gasteiger partial charge in [-0.2, -0.15) is 5.26 Å². The third kappa shape index (κ3) is 4.26. The van der Waals surface area contributed by atoms with Crippen molar-refractivity contribution in [2.45, 2.75) is 45.3 Å². The van der Waals surface area contributed by atoms with Gasteiger partial charge in [0.25, 0.3) is 5.91 Å². The zero-order valence-electron chi connectivity index (χ0n) is 17.7. The molecule has 2 aromatic rings. The van der Waals surface area contributed by atoms with Crippen LogP contribution in [0, 0.1) is 23.2 Å². The second kappa shape index (κ2) is 8.42. The molecule has 8 nitrogen and oxygen atoms in total. The average molecular weight is 422 g/mol. The van der Waals surface area contributed by atoms with E-state index in [0.717, 1.165) is 23.6 Å². The number of likely N-dealkylation sites (tertiary alicyclic amines) is 1. The lowest BCUT2D eigenvalue weighted by Crippen LogP contribution is -2.42. The number of nitrogens with two attached hydrogens (primary N) is 1. The number of aromatic nitrogens is 1. The molecule has 2 amide bonds. The van der Waals surface area contributed by atoms with E-state index >= 15 is 0 Å². The molecule has 0 unspecified atom stereocenters. The fourth-order valence-electron chi connectivity index (χ4n) is 4.69. The lowest BCUT2D eigenvalue weighted by atomic mass is 9.98. The largest absolute Gasteiger partial charge is 0.490 e. The Balaban J connectivity index is 1.61. The van der Waals surface area contributed by atoms with E-state index in [0.29, 0.717) is 36.2 Å². The third-order valence-corrected chi connectivity index (χ3v) is 5.96. The van der Waals surface area contributed by atoms with Gasteiger partial charge in [0.2, 0.25) is 11.8 Å². The number of hydrogen-bond acceptors (Lipinski definition) is 6. The van der Waals surface area contributed by atoms with Gasteiger partial charge in [-0.1, -0.05) is 0 Å². The second-order valence-corrected chi connectivity index (χ2v) is 8.60. The van der Waals surface area contributed by atoms with Gasteiger partial charge in [0, 0.05) is 30.6 Å². The summed E-state index contributed by atoms with van der Waals surface area (Å²) in [5, 5.41) is 10.4. The Labute approximate surface area is 180 Å². The van der Waals surface area contributed by atoms with E-state index in [2.05, 4.69) is 4.98 Å². The van der Waals surface area contributed by atoms with Gasteiger partial charge < -0.3 is 20.1 Å². The molecule has 1 saturated heterocycles. The normalized spacial score (nSPS) is 22.4. The van der Waals surface area contributed by atoms with Crippen molar-refractivity contribution in [2.24, 2.45) is 17.6 Å². The van der Waals surface area contributed by atoms with E-state index in [1.54, 1.807) is 23.2 Å². The molecule has 3 atom stereocenters. The van der Waals surface area contributed by atoms with Crippen molar-refractivity contribution < 1.29 is 19.1 Å². The molecule has 1 saturated carbocycles. The molecule has 2 aliphatic rings. The first kappa shape index (κ1) is 20.9. The summed E-state index contributed by atoms with van der Waals surface area (Å²) in [6.07, 6.45) is 3.22. The Morgan fingerprint density at radius 3 is 2.84 bits per heavy atom. The Morgan fingerprint density at radius 2 is 2.13 bits per heavy atom. The molecule has 1 aromatic carbocycles. The van der Waals surface area contributed by atoms with Gasteiger partial charge in [0.15, 0.2) is 0 Å². The van der Waals surface area contributed by atoms with E-state index in [4.69, 9.17) is 20.5 Å². The Hall–Kier alpha value is -3.34. The number of rotatable bonds is 6. The summed E-state index contributed by atoms with van der Waals surface area (Å²) < 4.78 is 12.2. The molecule has 4 rings (SSSR count). The summed E-state index contributed by atoms with van der Waals surface area (Å²) >= 11 is 0. The Kier molecular flexibility index (Phi) is 5.68. The summed E-state index contributed by atoms with van der Waals surface area (Å²) in [5.74, 6) is 0.789. The minimum absolute atomic E-state index is 0.0618. The van der Waals surface area contributed by atoms with Crippen LogP contribution in [0.25, 0.3) is 10.8 Å². The molecule has 162 valence electrons. The highest BCUT2D eigenvalue weighted by molar-refractivity contribution is 6.01. The van der Waals surface area contributed by atoms with E-state index < -0.39 is 5.91 Å². The van der Waals surface area contributed by atoms with E-state index in [-0.39, 0.29) is 30.5 Å². The number of nitriles is 1. The maximum absolute atomic E-state index is 12.2. The van der Waals surface area contributed by atoms with Crippen molar-refractivity contribution in [3.05, 3.63) is 30.0 Å². The van der Waals surface area contributed by atoms with E-state index in [9.17, 15) is 9.59 Å². The summed E-state index contributed by atoms with van der Waals surface area (Å²) in [6, 6.07) is 7.22. The van der Waals surface area contributed by atoms with Gasteiger partial charge in [0.1, 0.15) is 18.3 Å². The van der Waals surface area contributed by atoms with Gasteiger partial charge >= 0.3 is 0 Å². The molecular formula is C23H26N4O4. The molecule has 0 radical (unpaired) electrons. The van der Waals surface area contributed by atoms with Crippen LogP contribution in [0.3, 0.4) is 0 Å². The van der Waals surface area contributed by atoms with Crippen molar-refractivity contribution in [2.75, 3.05) is 13.1 Å². The van der Waals surface area contributed by atoms with Gasteiger partial charge in [-0.25, -0.2) is 4.98 Å². The molecule has 1 aromatic heterocycles. The maximum atomic E-state index is 12.2. The smallest absolute Gasteiger partial charge is 0.252 e. The number of amides is 2. The molecule has 2 heterocycles. The van der Waals surface area contributed by atoms with Crippen LogP contribution >= 0.6 is 0 Å². The number of primary amides is 1. The first-order valence-electron chi connectivity index (χ1n) is 10.6. The lowest BCUT2D eigenvalue weighted by Gasteiger charge is -2.32. The first-order valence-corrected chi connectivity index (χ1v) is 10.6. The summed E-state index contributed by atoms with van der Waals surface area (Å²) in [6.45, 7) is 5.04. The number of carbonyl (C=O) groups excluding carboxylic acids is 2. The minimum atomic E-state index is -0.552. The zero-order valence-corrected chi connectivity index (χ0v) is 17.7. The van der Waals surface area contributed by atoms with Crippen LogP contribution in [0.1, 0.15) is 43.5 Å². The fraction of sp³-hybridized carbons (Fsp3) is 0.478. The van der Waals surface area contributed by atoms with Gasteiger partial charge in [-0.3, -0.25) is 9.59 Å². The quantitative estimate of drug-likeness (QED) is 0.764. The predicted molar refractivity (Wildman–Crippen MR) is 113 cm³/mol. The topological polar surface area (TPSA) is 119 Å². The predicted octanol–water partition coefficient (Wildman–Crippen LogP) is 2.65. The number of hydrogen-bond donors (Lipinski definition) is 1. The fourth-order valence-corrected chi connectivity index (χ4v) is 4.69. The molecule has 2 bridgehead atoms. The van der Waals surface area contributed by atoms with Crippen LogP contribution in [0.5, 0.6) is 11.6 Å². The summed E-state index contributed by atoms with van der Waals surface area (Å²) in [5.41, 5.74) is 5.87. The summed E-state index contributed by atoms with van der Waals surface area (Å²) in [4.78, 5) is 30.3. The van der Waals surface area contributed by atoms with Crippen molar-refractivity contribution >= 4 is 22.6 Å². The number of nitrogens with zero attached hydrogens (tertiary/aromatic N) is 3. The van der Waals surface area contributed by atoms with Crippen molar-refractivity contribution in [3.63, 3.8) is 0 Å². The minimum Gasteiger partial charge on any atom is -0.490 e. The van der Waals surface area contributed by atoms with Crippen molar-refractivity contribution in [1.82, 2.24) is 9.88 Å². The number of ether oxygens (including phenoxy) is 2. The zero-order chi connectivity index (χ0) is 22.1. The molecule has 2 fully saturated rings. The van der Waals surface area contributed by atoms with Crippen LogP contribution in [-0.2, 0) is 4.79 Å². The Morgan fingerprint density at radius 1 is 1.32 bits per heavy atom. The molecular weight excluding hydrogens is 396 g/mol. The van der Waals surface area contributed by atoms with Crippen molar-refractivity contribution in [3.8, 4) is 17.7 Å². The van der Waals surface area contributed by atoms with Gasteiger partial charge in [0.05, 0.1) is 17.7 Å². The number of pyridine rings is 1. The molecule has 31 heavy (non-hydrogen) atoms. The molecule has 1 aliphatic carbocycles. The van der Waals surface area contributed by atoms with Gasteiger partial charge in [-0.05, 0) is 56.2 Å². The molecule has 0 spiro atoms. The van der Waals surface area contributed by atoms with Crippen LogP contribution in [0.2, 0.25) is 0 Å². The highest BCUT2D eigenvalue weighted by Gasteiger charge is 2.43. The van der Waals surface area contributed by atoms with E-state index in [1.165, 1.54) is 0 Å². The Bertz CT molecular complexity index is 1060. The van der Waals surface area contributed by atoms with Crippen LogP contribution in [0.15, 0.2) is 24.4 Å². The molecule has 8 heteroatoms. The second-order valence-electron chi connectivity index (χ2n) is 8.60. The van der Waals surface area contributed by atoms with E-state index in [1.807, 2.05) is 26.0 Å². The monoisotopic (exact) mass is 422 g/mol. The lowest BCUT2D eigenvalue weighted by molar-refractivity contribution is -0.132. The average Bonchev–Trinajstić information content (AvgIpc) is 3.00. The highest BCUT2D eigenvalue weighted by atomic mass is 16.5. The van der Waals surface area contributed by atoms with Crippen LogP contribution < -0.4 is 15.2 Å². The number of fused-ring (bicyclic) bond motifs is 3. The number of piperidine rings is 1. The van der Waals surface area contributed by atoms with Crippen LogP contribution in [0.4, 0.5) is 0 Å². The van der Waals surface area contributed by atoms with Crippen LogP contribution in [-0.4, -0.2) is 47.0 Å². The maximum Gasteiger partial charge on any atom is 0.252 e. The molecule has 1 aliphatic heterocycles. The SMILES string of the molecule is CC(C)Oc1cc2c(O[C@H]3C[C@@H]4C[C@H]3CN(C(=O)CC#N)C4)nccc2cc1C(N)=O. The number of benzene rings is 1. The number of carbonyl (C=O) groups is 2. The first-order chi connectivity index (χ1) is 14.9. The van der Waals surface area contributed by atoms with Crippen molar-refractivity contribution in [1.29, 1.82) is 5.26 Å².